The predicted octanol–water partition coefficient (Wildman–Crippen LogP) is 2.37. The second-order valence-corrected chi connectivity index (χ2v) is 5.24. The van der Waals surface area contributed by atoms with Gasteiger partial charge >= 0.3 is 0 Å². The van der Waals surface area contributed by atoms with E-state index >= 15 is 0 Å². The van der Waals surface area contributed by atoms with E-state index in [1.165, 1.54) is 11.3 Å². The minimum atomic E-state index is -0.370. The van der Waals surface area contributed by atoms with Gasteiger partial charge in [0.05, 0.1) is 10.4 Å². The molecule has 104 valence electrons. The molecule has 0 saturated carbocycles. The monoisotopic (exact) mass is 297 g/mol. The van der Waals surface area contributed by atoms with Crippen molar-refractivity contribution in [2.75, 3.05) is 0 Å². The van der Waals surface area contributed by atoms with E-state index in [0.29, 0.717) is 10.4 Å². The molecule has 6 heteroatoms. The van der Waals surface area contributed by atoms with Crippen LogP contribution in [0.1, 0.15) is 20.0 Å². The average molecular weight is 297 g/mol. The summed E-state index contributed by atoms with van der Waals surface area (Å²) >= 11 is 1.31. The number of hydrogen-bond donors (Lipinski definition) is 2. The number of carbonyl (C=O) groups is 2. The van der Waals surface area contributed by atoms with Crippen LogP contribution in [0, 0.1) is 0 Å². The lowest BCUT2D eigenvalue weighted by Crippen LogP contribution is -2.41. The summed E-state index contributed by atoms with van der Waals surface area (Å²) < 4.78 is 0. The molecule has 2 heterocycles. The number of rotatable bonds is 2. The Hall–Kier alpha value is -2.73. The Kier molecular flexibility index (Phi) is 3.61. The van der Waals surface area contributed by atoms with Crippen molar-refractivity contribution in [1.29, 1.82) is 0 Å². The first-order valence-electron chi connectivity index (χ1n) is 6.23. The number of pyridine rings is 1. The van der Waals surface area contributed by atoms with Crippen LogP contribution < -0.4 is 10.9 Å². The molecule has 0 bridgehead atoms. The van der Waals surface area contributed by atoms with Crippen molar-refractivity contribution in [2.24, 2.45) is 0 Å². The number of hydrogen-bond acceptors (Lipinski definition) is 4. The third kappa shape index (κ3) is 2.90. The van der Waals surface area contributed by atoms with E-state index in [4.69, 9.17) is 0 Å². The Labute approximate surface area is 124 Å². The molecule has 0 aliphatic heterocycles. The molecule has 0 saturated heterocycles. The number of thiophene rings is 1. The molecule has 1 aromatic carbocycles. The predicted molar refractivity (Wildman–Crippen MR) is 81.0 cm³/mol. The summed E-state index contributed by atoms with van der Waals surface area (Å²) in [6.45, 7) is 0. The minimum Gasteiger partial charge on any atom is -0.267 e. The van der Waals surface area contributed by atoms with E-state index in [0.717, 1.165) is 10.9 Å². The van der Waals surface area contributed by atoms with Gasteiger partial charge in [-0.05, 0) is 35.7 Å². The highest BCUT2D eigenvalue weighted by molar-refractivity contribution is 7.12. The van der Waals surface area contributed by atoms with Gasteiger partial charge in [0.15, 0.2) is 0 Å². The van der Waals surface area contributed by atoms with E-state index in [9.17, 15) is 9.59 Å². The Morgan fingerprint density at radius 2 is 1.86 bits per heavy atom. The molecule has 3 rings (SSSR count). The topological polar surface area (TPSA) is 71.1 Å². The van der Waals surface area contributed by atoms with Crippen LogP contribution in [0.2, 0.25) is 0 Å². The number of nitrogens with one attached hydrogen (secondary N) is 2. The van der Waals surface area contributed by atoms with Crippen LogP contribution in [-0.2, 0) is 0 Å². The maximum atomic E-state index is 12.0. The van der Waals surface area contributed by atoms with E-state index in [-0.39, 0.29) is 11.8 Å². The molecular formula is C15H11N3O2S. The van der Waals surface area contributed by atoms with Gasteiger partial charge in [-0.15, -0.1) is 11.3 Å². The maximum Gasteiger partial charge on any atom is 0.279 e. The average Bonchev–Trinajstić information content (AvgIpc) is 3.06. The fourth-order valence-electron chi connectivity index (χ4n) is 1.87. The molecule has 5 nitrogen and oxygen atoms in total. The summed E-state index contributed by atoms with van der Waals surface area (Å²) in [5, 5.41) is 2.67. The smallest absolute Gasteiger partial charge is 0.267 e. The number of amides is 2. The van der Waals surface area contributed by atoms with E-state index in [1.54, 1.807) is 41.9 Å². The molecule has 0 aliphatic rings. The number of aromatic nitrogens is 1. The van der Waals surface area contributed by atoms with Crippen molar-refractivity contribution < 1.29 is 9.59 Å². The lowest BCUT2D eigenvalue weighted by atomic mass is 10.1. The first kappa shape index (κ1) is 13.3. The third-order valence-electron chi connectivity index (χ3n) is 2.90. The van der Waals surface area contributed by atoms with Gasteiger partial charge in [-0.1, -0.05) is 12.1 Å². The zero-order chi connectivity index (χ0) is 14.7. The van der Waals surface area contributed by atoms with Crippen LogP contribution in [-0.4, -0.2) is 16.8 Å². The van der Waals surface area contributed by atoms with Crippen molar-refractivity contribution in [2.45, 2.75) is 0 Å². The van der Waals surface area contributed by atoms with E-state index in [2.05, 4.69) is 15.8 Å². The highest BCUT2D eigenvalue weighted by atomic mass is 32.1. The summed E-state index contributed by atoms with van der Waals surface area (Å²) in [4.78, 5) is 28.5. The third-order valence-corrected chi connectivity index (χ3v) is 3.77. The Morgan fingerprint density at radius 3 is 2.67 bits per heavy atom. The molecule has 21 heavy (non-hydrogen) atoms. The van der Waals surface area contributed by atoms with Crippen molar-refractivity contribution in [1.82, 2.24) is 15.8 Å². The SMILES string of the molecule is O=C(NNC(=O)c1cccs1)c1ccc2ncccc2c1. The molecule has 0 aliphatic carbocycles. The molecular weight excluding hydrogens is 286 g/mol. The van der Waals surface area contributed by atoms with Crippen LogP contribution in [0.5, 0.6) is 0 Å². The highest BCUT2D eigenvalue weighted by Crippen LogP contribution is 2.13. The van der Waals surface area contributed by atoms with Gasteiger partial charge in [0.2, 0.25) is 0 Å². The van der Waals surface area contributed by atoms with Crippen molar-refractivity contribution >= 4 is 34.1 Å². The van der Waals surface area contributed by atoms with Gasteiger partial charge in [-0.2, -0.15) is 0 Å². The normalized spacial score (nSPS) is 10.3. The number of carbonyl (C=O) groups excluding carboxylic acids is 2. The lowest BCUT2D eigenvalue weighted by molar-refractivity contribution is 0.0849. The van der Waals surface area contributed by atoms with Crippen LogP contribution in [0.15, 0.2) is 54.0 Å². The largest absolute Gasteiger partial charge is 0.279 e. The summed E-state index contributed by atoms with van der Waals surface area (Å²) in [5.74, 6) is -0.702. The van der Waals surface area contributed by atoms with Gasteiger partial charge in [0.25, 0.3) is 11.8 Å². The Bertz CT molecular complexity index is 800. The summed E-state index contributed by atoms with van der Waals surface area (Å²) in [6, 6.07) is 12.3. The summed E-state index contributed by atoms with van der Waals surface area (Å²) in [5.41, 5.74) is 6.06. The first-order chi connectivity index (χ1) is 10.2. The first-order valence-corrected chi connectivity index (χ1v) is 7.11. The van der Waals surface area contributed by atoms with Crippen molar-refractivity contribution in [3.63, 3.8) is 0 Å². The second kappa shape index (κ2) is 5.72. The molecule has 2 N–H and O–H groups in total. The van der Waals surface area contributed by atoms with Crippen LogP contribution in [0.25, 0.3) is 10.9 Å². The molecule has 0 unspecified atom stereocenters. The number of benzene rings is 1. The van der Waals surface area contributed by atoms with Gasteiger partial charge in [-0.3, -0.25) is 25.4 Å². The maximum absolute atomic E-state index is 12.0. The van der Waals surface area contributed by atoms with Crippen LogP contribution >= 0.6 is 11.3 Å². The number of fused-ring (bicyclic) bond motifs is 1. The molecule has 2 amide bonds. The highest BCUT2D eigenvalue weighted by Gasteiger charge is 2.10. The summed E-state index contributed by atoms with van der Waals surface area (Å²) in [6.07, 6.45) is 1.70. The van der Waals surface area contributed by atoms with E-state index in [1.807, 2.05) is 12.1 Å². The van der Waals surface area contributed by atoms with Crippen LogP contribution in [0.3, 0.4) is 0 Å². The van der Waals surface area contributed by atoms with Gasteiger partial charge in [-0.25, -0.2) is 0 Å². The zero-order valence-corrected chi connectivity index (χ0v) is 11.7. The van der Waals surface area contributed by atoms with Crippen molar-refractivity contribution in [3.05, 3.63) is 64.5 Å². The Balaban J connectivity index is 1.70. The molecule has 0 atom stereocenters. The molecule has 2 aromatic heterocycles. The van der Waals surface area contributed by atoms with Gasteiger partial charge in [0, 0.05) is 17.1 Å². The number of hydrazine groups is 1. The zero-order valence-electron chi connectivity index (χ0n) is 10.9. The molecule has 3 aromatic rings. The lowest BCUT2D eigenvalue weighted by Gasteiger charge is -2.07. The Morgan fingerprint density at radius 1 is 1.00 bits per heavy atom. The van der Waals surface area contributed by atoms with Crippen molar-refractivity contribution in [3.8, 4) is 0 Å². The second-order valence-electron chi connectivity index (χ2n) is 4.30. The molecule has 0 radical (unpaired) electrons. The fourth-order valence-corrected chi connectivity index (χ4v) is 2.49. The standard InChI is InChI=1S/C15H11N3O2S/c19-14(17-18-15(20)13-4-2-8-21-13)11-5-6-12-10(9-11)3-1-7-16-12/h1-9H,(H,17,19)(H,18,20). The van der Waals surface area contributed by atoms with Crippen LogP contribution in [0.4, 0.5) is 0 Å². The van der Waals surface area contributed by atoms with Gasteiger partial charge < -0.3 is 0 Å². The van der Waals surface area contributed by atoms with E-state index < -0.39 is 0 Å². The number of nitrogens with zero attached hydrogens (tertiary/aromatic N) is 1. The molecule has 0 fully saturated rings. The molecule has 0 spiro atoms. The van der Waals surface area contributed by atoms with Gasteiger partial charge in [0.1, 0.15) is 0 Å². The summed E-state index contributed by atoms with van der Waals surface area (Å²) in [7, 11) is 0. The fraction of sp³-hybridized carbons (Fsp3) is 0. The minimum absolute atomic E-state index is 0.333. The quantitative estimate of drug-likeness (QED) is 0.713.